The molecule has 18 heavy (non-hydrogen) atoms. The summed E-state index contributed by atoms with van der Waals surface area (Å²) in [6.45, 7) is -0.0208. The number of hydrogen-bond donors (Lipinski definition) is 3. The highest BCUT2D eigenvalue weighted by Gasteiger charge is 2.28. The van der Waals surface area contributed by atoms with Crippen LogP contribution in [0, 0.1) is 0 Å². The van der Waals surface area contributed by atoms with Crippen molar-refractivity contribution >= 4 is 34.7 Å². The van der Waals surface area contributed by atoms with Crippen LogP contribution in [0.5, 0.6) is 0 Å². The molecule has 0 spiro atoms. The van der Waals surface area contributed by atoms with Crippen LogP contribution in [0.2, 0.25) is 0 Å². The fraction of sp³-hybridized carbons (Fsp3) is 0.444. The number of nitrogens with two attached hydrogens (primary N) is 2. The Balaban J connectivity index is 2.03. The zero-order valence-corrected chi connectivity index (χ0v) is 10.2. The Morgan fingerprint density at radius 1 is 1.50 bits per heavy atom. The van der Waals surface area contributed by atoms with Gasteiger partial charge in [-0.25, -0.2) is 4.98 Å². The number of nitrogens with zero attached hydrogens (tertiary/aromatic N) is 4. The lowest BCUT2D eigenvalue weighted by Crippen LogP contribution is -2.14. The molecule has 0 amide bonds. The number of aliphatic hydroxyl groups is 1. The first-order valence-electron chi connectivity index (χ1n) is 5.32. The number of nitrogen functional groups attached to an aromatic ring is 2. The molecule has 0 aliphatic carbocycles. The van der Waals surface area contributed by atoms with Gasteiger partial charge >= 0.3 is 0 Å². The van der Waals surface area contributed by atoms with Crippen LogP contribution in [-0.2, 0) is 4.74 Å². The summed E-state index contributed by atoms with van der Waals surface area (Å²) in [7, 11) is 0. The van der Waals surface area contributed by atoms with E-state index in [0.29, 0.717) is 16.9 Å². The summed E-state index contributed by atoms with van der Waals surface area (Å²) in [6, 6.07) is 0. The standard InChI is InChI=1S/C9H12N6O2S/c10-7-6-8(14-9(11)13-7)15(3-12-6)4-2-18-5(1-16)17-4/h3-5,16H,1-2H2,(H4,10,11,13,14)/t4-,5-/m0/s1. The Bertz CT molecular complexity index is 588. The molecule has 2 atom stereocenters. The van der Waals surface area contributed by atoms with Crippen molar-refractivity contribution in [2.24, 2.45) is 0 Å². The van der Waals surface area contributed by atoms with E-state index in [0.717, 1.165) is 0 Å². The second kappa shape index (κ2) is 4.26. The summed E-state index contributed by atoms with van der Waals surface area (Å²) >= 11 is 1.54. The molecule has 8 nitrogen and oxygen atoms in total. The van der Waals surface area contributed by atoms with E-state index in [1.165, 1.54) is 11.8 Å². The minimum absolute atomic E-state index is 0.0208. The van der Waals surface area contributed by atoms with E-state index in [-0.39, 0.29) is 30.0 Å². The zero-order valence-electron chi connectivity index (χ0n) is 9.35. The van der Waals surface area contributed by atoms with Gasteiger partial charge in [-0.2, -0.15) is 9.97 Å². The van der Waals surface area contributed by atoms with Crippen LogP contribution >= 0.6 is 11.8 Å². The third kappa shape index (κ3) is 1.76. The van der Waals surface area contributed by atoms with Crippen molar-refractivity contribution in [2.45, 2.75) is 11.7 Å². The van der Waals surface area contributed by atoms with Gasteiger partial charge in [-0.05, 0) is 0 Å². The van der Waals surface area contributed by atoms with Crippen molar-refractivity contribution in [2.75, 3.05) is 23.8 Å². The highest BCUT2D eigenvalue weighted by Crippen LogP contribution is 2.33. The minimum atomic E-state index is -0.231. The quantitative estimate of drug-likeness (QED) is 0.670. The minimum Gasteiger partial charge on any atom is -0.393 e. The monoisotopic (exact) mass is 268 g/mol. The molecule has 1 aliphatic rings. The Hall–Kier alpha value is -1.58. The molecule has 0 unspecified atom stereocenters. The van der Waals surface area contributed by atoms with E-state index in [1.54, 1.807) is 10.9 Å². The van der Waals surface area contributed by atoms with Crippen molar-refractivity contribution in [3.63, 3.8) is 0 Å². The molecule has 1 fully saturated rings. The van der Waals surface area contributed by atoms with Crippen LogP contribution in [-0.4, -0.2) is 42.4 Å². The number of imidazole rings is 1. The first-order valence-corrected chi connectivity index (χ1v) is 6.37. The van der Waals surface area contributed by atoms with Gasteiger partial charge in [0.05, 0.1) is 12.9 Å². The van der Waals surface area contributed by atoms with Crippen molar-refractivity contribution in [3.05, 3.63) is 6.33 Å². The maximum absolute atomic E-state index is 9.05. The third-order valence-electron chi connectivity index (χ3n) is 2.66. The van der Waals surface area contributed by atoms with Crippen molar-refractivity contribution in [1.82, 2.24) is 19.5 Å². The highest BCUT2D eigenvalue weighted by molar-refractivity contribution is 8.00. The molecule has 3 heterocycles. The number of ether oxygens (including phenoxy) is 1. The smallest absolute Gasteiger partial charge is 0.224 e. The highest BCUT2D eigenvalue weighted by atomic mass is 32.2. The summed E-state index contributed by atoms with van der Waals surface area (Å²) in [4.78, 5) is 12.1. The number of aliphatic hydroxyl groups excluding tert-OH is 1. The average molecular weight is 268 g/mol. The summed E-state index contributed by atoms with van der Waals surface area (Å²) in [5.74, 6) is 1.06. The first-order chi connectivity index (χ1) is 8.69. The number of thioether (sulfide) groups is 1. The van der Waals surface area contributed by atoms with Crippen LogP contribution in [0.25, 0.3) is 11.2 Å². The molecule has 9 heteroatoms. The molecule has 0 radical (unpaired) electrons. The fourth-order valence-corrected chi connectivity index (χ4v) is 2.78. The van der Waals surface area contributed by atoms with Crippen LogP contribution in [0.3, 0.4) is 0 Å². The lowest BCUT2D eigenvalue weighted by molar-refractivity contribution is -0.00189. The summed E-state index contributed by atoms with van der Waals surface area (Å²) < 4.78 is 7.39. The van der Waals surface area contributed by atoms with Gasteiger partial charge in [0, 0.05) is 5.75 Å². The SMILES string of the molecule is Nc1nc(N)c2ncn([C@@H]3CS[C@@H](CO)O3)c2n1. The molecular weight excluding hydrogens is 256 g/mol. The summed E-state index contributed by atoms with van der Waals surface area (Å²) in [5, 5.41) is 9.05. The van der Waals surface area contributed by atoms with Gasteiger partial charge in [0.2, 0.25) is 5.95 Å². The van der Waals surface area contributed by atoms with Gasteiger partial charge in [0.15, 0.2) is 11.5 Å². The van der Waals surface area contributed by atoms with E-state index < -0.39 is 0 Å². The van der Waals surface area contributed by atoms with Crippen LogP contribution in [0.1, 0.15) is 6.23 Å². The number of rotatable bonds is 2. The molecule has 96 valence electrons. The molecule has 2 aromatic heterocycles. The fourth-order valence-electron chi connectivity index (χ4n) is 1.85. The Labute approximate surface area is 106 Å². The molecule has 1 aliphatic heterocycles. The lowest BCUT2D eigenvalue weighted by atomic mass is 10.5. The Morgan fingerprint density at radius 2 is 2.33 bits per heavy atom. The van der Waals surface area contributed by atoms with Crippen molar-refractivity contribution in [3.8, 4) is 0 Å². The van der Waals surface area contributed by atoms with Crippen LogP contribution in [0.15, 0.2) is 6.33 Å². The second-order valence-electron chi connectivity index (χ2n) is 3.83. The van der Waals surface area contributed by atoms with Crippen molar-refractivity contribution < 1.29 is 9.84 Å². The van der Waals surface area contributed by atoms with Gasteiger partial charge in [0.1, 0.15) is 17.2 Å². The average Bonchev–Trinajstić information content (AvgIpc) is 2.93. The molecule has 0 bridgehead atoms. The van der Waals surface area contributed by atoms with Gasteiger partial charge in [-0.1, -0.05) is 0 Å². The van der Waals surface area contributed by atoms with Crippen molar-refractivity contribution in [1.29, 1.82) is 0 Å². The Kier molecular flexibility index (Phi) is 2.73. The molecule has 5 N–H and O–H groups in total. The molecule has 1 saturated heterocycles. The predicted molar refractivity (Wildman–Crippen MR) is 67.6 cm³/mol. The second-order valence-corrected chi connectivity index (χ2v) is 5.02. The van der Waals surface area contributed by atoms with Gasteiger partial charge in [-0.3, -0.25) is 4.57 Å². The van der Waals surface area contributed by atoms with E-state index >= 15 is 0 Å². The van der Waals surface area contributed by atoms with Crippen LogP contribution < -0.4 is 11.5 Å². The molecule has 0 saturated carbocycles. The largest absolute Gasteiger partial charge is 0.393 e. The maximum Gasteiger partial charge on any atom is 0.224 e. The summed E-state index contributed by atoms with van der Waals surface area (Å²) in [5.41, 5.74) is 12.1. The van der Waals surface area contributed by atoms with E-state index in [1.807, 2.05) is 0 Å². The van der Waals surface area contributed by atoms with Crippen LogP contribution in [0.4, 0.5) is 11.8 Å². The van der Waals surface area contributed by atoms with Gasteiger partial charge < -0.3 is 21.3 Å². The zero-order chi connectivity index (χ0) is 12.7. The van der Waals surface area contributed by atoms with E-state index in [2.05, 4.69) is 15.0 Å². The Morgan fingerprint density at radius 3 is 3.06 bits per heavy atom. The number of hydrogen-bond acceptors (Lipinski definition) is 8. The predicted octanol–water partition coefficient (Wildman–Crippen LogP) is -0.429. The lowest BCUT2D eigenvalue weighted by Gasteiger charge is -2.12. The van der Waals surface area contributed by atoms with E-state index in [9.17, 15) is 0 Å². The van der Waals surface area contributed by atoms with Gasteiger partial charge in [0.25, 0.3) is 0 Å². The molecular formula is C9H12N6O2S. The van der Waals surface area contributed by atoms with Gasteiger partial charge in [-0.15, -0.1) is 11.8 Å². The maximum atomic E-state index is 9.05. The normalized spacial score (nSPS) is 23.8. The number of anilines is 2. The molecule has 3 rings (SSSR count). The third-order valence-corrected chi connectivity index (χ3v) is 3.77. The van der Waals surface area contributed by atoms with E-state index in [4.69, 9.17) is 21.3 Å². The number of fused-ring (bicyclic) bond motifs is 1. The number of aromatic nitrogens is 4. The summed E-state index contributed by atoms with van der Waals surface area (Å²) in [6.07, 6.45) is 1.37. The topological polar surface area (TPSA) is 125 Å². The first kappa shape index (κ1) is 11.5. The molecule has 0 aromatic carbocycles. The molecule has 2 aromatic rings.